The van der Waals surface area contributed by atoms with Crippen molar-refractivity contribution in [3.8, 4) is 11.5 Å². The molecule has 4 aromatic carbocycles. The lowest BCUT2D eigenvalue weighted by Crippen LogP contribution is -2.27. The van der Waals surface area contributed by atoms with E-state index in [0.717, 1.165) is 44.8 Å². The topological polar surface area (TPSA) is 55.8 Å². The van der Waals surface area contributed by atoms with E-state index in [-0.39, 0.29) is 17.7 Å². The Morgan fingerprint density at radius 1 is 0.872 bits per heavy atom. The zero-order valence-electron chi connectivity index (χ0n) is 21.8. The first kappa shape index (κ1) is 26.3. The van der Waals surface area contributed by atoms with Crippen molar-refractivity contribution in [3.05, 3.63) is 125 Å². The third-order valence-electron chi connectivity index (χ3n) is 6.37. The van der Waals surface area contributed by atoms with Gasteiger partial charge in [-0.3, -0.25) is 14.5 Å². The van der Waals surface area contributed by atoms with Crippen molar-refractivity contribution in [2.75, 3.05) is 6.61 Å². The number of thioether (sulfide) groups is 1. The molecule has 1 aliphatic heterocycles. The summed E-state index contributed by atoms with van der Waals surface area (Å²) >= 11 is 0.956. The minimum absolute atomic E-state index is 0.227. The van der Waals surface area contributed by atoms with E-state index in [1.54, 1.807) is 6.08 Å². The third-order valence-corrected chi connectivity index (χ3v) is 7.28. The Bertz CT molecular complexity index is 1560. The molecule has 6 heteroatoms. The van der Waals surface area contributed by atoms with Crippen molar-refractivity contribution in [2.24, 2.45) is 0 Å². The molecule has 5 rings (SSSR count). The van der Waals surface area contributed by atoms with E-state index in [4.69, 9.17) is 9.47 Å². The number of carbonyl (C=O) groups is 2. The highest BCUT2D eigenvalue weighted by atomic mass is 32.2. The molecule has 196 valence electrons. The summed E-state index contributed by atoms with van der Waals surface area (Å²) in [6.45, 7) is 6.90. The molecule has 2 amide bonds. The van der Waals surface area contributed by atoms with E-state index < -0.39 is 0 Å². The van der Waals surface area contributed by atoms with Crippen LogP contribution in [-0.2, 0) is 24.4 Å². The second-order valence-corrected chi connectivity index (χ2v) is 10.1. The first-order valence-corrected chi connectivity index (χ1v) is 13.7. The van der Waals surface area contributed by atoms with Crippen molar-refractivity contribution in [2.45, 2.75) is 26.5 Å². The fourth-order valence-corrected chi connectivity index (χ4v) is 5.38. The van der Waals surface area contributed by atoms with Crippen LogP contribution in [0.15, 0.2) is 102 Å². The number of rotatable bonds is 10. The normalized spacial score (nSPS) is 14.3. The van der Waals surface area contributed by atoms with E-state index in [1.165, 1.54) is 4.90 Å². The van der Waals surface area contributed by atoms with Gasteiger partial charge >= 0.3 is 0 Å². The van der Waals surface area contributed by atoms with Gasteiger partial charge in [0.2, 0.25) is 0 Å². The molecule has 0 spiro atoms. The zero-order valence-corrected chi connectivity index (χ0v) is 22.6. The molecule has 39 heavy (non-hydrogen) atoms. The number of amides is 2. The van der Waals surface area contributed by atoms with Gasteiger partial charge in [-0.25, -0.2) is 0 Å². The Morgan fingerprint density at radius 2 is 1.64 bits per heavy atom. The van der Waals surface area contributed by atoms with Crippen LogP contribution in [-0.4, -0.2) is 22.7 Å². The maximum atomic E-state index is 13.3. The van der Waals surface area contributed by atoms with E-state index in [2.05, 4.69) is 6.58 Å². The lowest BCUT2D eigenvalue weighted by molar-refractivity contribution is -0.123. The molecule has 0 saturated carbocycles. The van der Waals surface area contributed by atoms with Gasteiger partial charge < -0.3 is 9.47 Å². The van der Waals surface area contributed by atoms with Gasteiger partial charge in [-0.2, -0.15) is 0 Å². The molecule has 1 aliphatic rings. The molecule has 0 unspecified atom stereocenters. The van der Waals surface area contributed by atoms with Crippen LogP contribution in [0, 0.1) is 0 Å². The Kier molecular flexibility index (Phi) is 8.13. The number of ether oxygens (including phenoxy) is 2. The maximum absolute atomic E-state index is 13.3. The van der Waals surface area contributed by atoms with Crippen LogP contribution in [0.1, 0.15) is 29.2 Å². The van der Waals surface area contributed by atoms with Crippen molar-refractivity contribution in [3.63, 3.8) is 0 Å². The van der Waals surface area contributed by atoms with E-state index in [1.807, 2.05) is 97.9 Å². The summed E-state index contributed by atoms with van der Waals surface area (Å²) < 4.78 is 12.2. The average molecular weight is 536 g/mol. The second kappa shape index (κ2) is 12.0. The molecule has 0 aliphatic carbocycles. The molecule has 0 aromatic heterocycles. The molecule has 1 heterocycles. The minimum Gasteiger partial charge on any atom is -0.490 e. The van der Waals surface area contributed by atoms with Gasteiger partial charge in [-0.05, 0) is 76.8 Å². The number of fused-ring (bicyclic) bond motifs is 1. The first-order valence-electron chi connectivity index (χ1n) is 12.9. The predicted molar refractivity (Wildman–Crippen MR) is 158 cm³/mol. The maximum Gasteiger partial charge on any atom is 0.293 e. The average Bonchev–Trinajstić information content (AvgIpc) is 3.20. The standard InChI is InChI=1S/C33H29NO4S/c1-3-10-28-18-25(19-29(37-4-2)31(28)38-22-23-11-6-5-7-12-23)20-30-32(35)34(33(36)39-30)21-24-15-16-26-13-8-9-14-27(26)17-24/h3,5-9,11-20H,1,4,10,21-22H2,2H3/b30-20-. The summed E-state index contributed by atoms with van der Waals surface area (Å²) in [6, 6.07) is 27.8. The molecule has 1 saturated heterocycles. The van der Waals surface area contributed by atoms with Gasteiger partial charge in [0.15, 0.2) is 11.5 Å². The Hall–Kier alpha value is -4.29. The number of allylic oxidation sites excluding steroid dienone is 1. The van der Waals surface area contributed by atoms with Crippen LogP contribution in [0.4, 0.5) is 4.79 Å². The largest absolute Gasteiger partial charge is 0.490 e. The Labute approximate surface area is 232 Å². The third kappa shape index (κ3) is 6.07. The molecule has 0 bridgehead atoms. The number of nitrogens with zero attached hydrogens (tertiary/aromatic N) is 1. The molecule has 1 fully saturated rings. The highest BCUT2D eigenvalue weighted by molar-refractivity contribution is 8.18. The summed E-state index contributed by atoms with van der Waals surface area (Å²) in [4.78, 5) is 27.8. The second-order valence-electron chi connectivity index (χ2n) is 9.16. The van der Waals surface area contributed by atoms with Crippen molar-refractivity contribution < 1.29 is 19.1 Å². The van der Waals surface area contributed by atoms with E-state index in [9.17, 15) is 9.59 Å². The van der Waals surface area contributed by atoms with Crippen LogP contribution in [0.2, 0.25) is 0 Å². The molecular weight excluding hydrogens is 506 g/mol. The van der Waals surface area contributed by atoms with Crippen LogP contribution in [0.5, 0.6) is 11.5 Å². The molecule has 0 radical (unpaired) electrons. The SMILES string of the molecule is C=CCc1cc(/C=C2\SC(=O)N(Cc3ccc4ccccc4c3)C2=O)cc(OCC)c1OCc1ccccc1. The summed E-state index contributed by atoms with van der Waals surface area (Å²) in [5, 5.41) is 1.91. The molecular formula is C33H29NO4S. The zero-order chi connectivity index (χ0) is 27.2. The molecule has 5 nitrogen and oxygen atoms in total. The first-order chi connectivity index (χ1) is 19.1. The fraction of sp³-hybridized carbons (Fsp3) is 0.152. The van der Waals surface area contributed by atoms with Crippen molar-refractivity contribution in [1.29, 1.82) is 0 Å². The van der Waals surface area contributed by atoms with Gasteiger partial charge in [0, 0.05) is 5.56 Å². The summed E-state index contributed by atoms with van der Waals surface area (Å²) in [7, 11) is 0. The highest BCUT2D eigenvalue weighted by Gasteiger charge is 2.35. The number of hydrogen-bond acceptors (Lipinski definition) is 5. The Morgan fingerprint density at radius 3 is 2.41 bits per heavy atom. The van der Waals surface area contributed by atoms with Crippen LogP contribution in [0.3, 0.4) is 0 Å². The van der Waals surface area contributed by atoms with Gasteiger partial charge in [0.1, 0.15) is 6.61 Å². The number of benzene rings is 4. The molecule has 0 N–H and O–H groups in total. The fourth-order valence-electron chi connectivity index (χ4n) is 4.54. The number of carbonyl (C=O) groups excluding carboxylic acids is 2. The lowest BCUT2D eigenvalue weighted by Gasteiger charge is -2.17. The molecule has 0 atom stereocenters. The van der Waals surface area contributed by atoms with Gasteiger partial charge in [0.25, 0.3) is 11.1 Å². The molecule has 4 aromatic rings. The van der Waals surface area contributed by atoms with Gasteiger partial charge in [-0.15, -0.1) is 6.58 Å². The van der Waals surface area contributed by atoms with Crippen molar-refractivity contribution in [1.82, 2.24) is 4.90 Å². The minimum atomic E-state index is -0.300. The number of hydrogen-bond donors (Lipinski definition) is 0. The van der Waals surface area contributed by atoms with E-state index >= 15 is 0 Å². The van der Waals surface area contributed by atoms with Crippen LogP contribution >= 0.6 is 11.8 Å². The highest BCUT2D eigenvalue weighted by Crippen LogP contribution is 2.38. The summed E-state index contributed by atoms with van der Waals surface area (Å²) in [5.74, 6) is 0.947. The summed E-state index contributed by atoms with van der Waals surface area (Å²) in [6.07, 6.45) is 4.12. The van der Waals surface area contributed by atoms with Crippen LogP contribution in [0.25, 0.3) is 16.8 Å². The summed E-state index contributed by atoms with van der Waals surface area (Å²) in [5.41, 5.74) is 3.62. The van der Waals surface area contributed by atoms with Crippen molar-refractivity contribution >= 4 is 39.8 Å². The predicted octanol–water partition coefficient (Wildman–Crippen LogP) is 7.78. The van der Waals surface area contributed by atoms with Gasteiger partial charge in [0.05, 0.1) is 18.1 Å². The smallest absolute Gasteiger partial charge is 0.293 e. The Balaban J connectivity index is 1.40. The lowest BCUT2D eigenvalue weighted by atomic mass is 10.0. The van der Waals surface area contributed by atoms with Gasteiger partial charge in [-0.1, -0.05) is 72.8 Å². The quantitative estimate of drug-likeness (QED) is 0.153. The van der Waals surface area contributed by atoms with E-state index in [0.29, 0.717) is 36.0 Å². The monoisotopic (exact) mass is 535 g/mol. The number of imide groups is 1. The van der Waals surface area contributed by atoms with Crippen LogP contribution < -0.4 is 9.47 Å².